The smallest absolute Gasteiger partial charge is 0.303 e. The first-order valence-corrected chi connectivity index (χ1v) is 10.7. The van der Waals surface area contributed by atoms with Gasteiger partial charge in [-0.2, -0.15) is 0 Å². The van der Waals surface area contributed by atoms with Crippen LogP contribution in [0.2, 0.25) is 0 Å². The molecule has 0 spiro atoms. The van der Waals surface area contributed by atoms with Gasteiger partial charge in [-0.1, -0.05) is 0 Å². The van der Waals surface area contributed by atoms with Gasteiger partial charge in [0.25, 0.3) is 7.37 Å². The van der Waals surface area contributed by atoms with Crippen LogP contribution in [0.3, 0.4) is 0 Å². The van der Waals surface area contributed by atoms with Gasteiger partial charge in [0.2, 0.25) is 11.8 Å². The molecule has 1 aliphatic rings. The predicted octanol–water partition coefficient (Wildman–Crippen LogP) is 0.114. The summed E-state index contributed by atoms with van der Waals surface area (Å²) in [7, 11) is -3.06. The third kappa shape index (κ3) is 6.27. The zero-order valence-corrected chi connectivity index (χ0v) is 18.4. The molecule has 1 fully saturated rings. The van der Waals surface area contributed by atoms with E-state index in [2.05, 4.69) is 5.32 Å². The Labute approximate surface area is 173 Å². The molecule has 12 nitrogen and oxygen atoms in total. The second-order valence-electron chi connectivity index (χ2n) is 6.57. The highest BCUT2D eigenvalue weighted by molar-refractivity contribution is 7.60. The summed E-state index contributed by atoms with van der Waals surface area (Å²) >= 11 is 0. The maximum atomic E-state index is 13.9. The predicted molar refractivity (Wildman–Crippen MR) is 99.3 cm³/mol. The number of hydrogen-bond acceptors (Lipinski definition) is 11. The molecule has 0 saturated carbocycles. The molecule has 0 radical (unpaired) electrons. The number of carbonyl (C=O) groups excluding carboxylic acids is 5. The van der Waals surface area contributed by atoms with Crippen LogP contribution in [0.25, 0.3) is 0 Å². The van der Waals surface area contributed by atoms with Crippen LogP contribution in [0.1, 0.15) is 34.6 Å². The highest BCUT2D eigenvalue weighted by Gasteiger charge is 2.63. The molecule has 0 bridgehead atoms. The number of ether oxygens (including phenoxy) is 4. The molecule has 1 heterocycles. The lowest BCUT2D eigenvalue weighted by Gasteiger charge is -2.47. The van der Waals surface area contributed by atoms with Gasteiger partial charge in [-0.15, -0.1) is 0 Å². The molecule has 1 rings (SSSR count). The van der Waals surface area contributed by atoms with E-state index in [9.17, 15) is 28.5 Å². The van der Waals surface area contributed by atoms with Crippen LogP contribution >= 0.6 is 7.37 Å². The number of hydrogen-bond donors (Lipinski definition) is 1. The summed E-state index contributed by atoms with van der Waals surface area (Å²) in [5.41, 5.74) is -1.35. The fraction of sp³-hybridized carbons (Fsp3) is 0.706. The Balaban J connectivity index is 3.69. The molecule has 1 N–H and O–H groups in total. The van der Waals surface area contributed by atoms with Crippen LogP contribution in [0.4, 0.5) is 0 Å². The first-order valence-electron chi connectivity index (χ1n) is 8.90. The van der Waals surface area contributed by atoms with Gasteiger partial charge in [0, 0.05) is 41.7 Å². The van der Waals surface area contributed by atoms with E-state index in [-0.39, 0.29) is 0 Å². The minimum Gasteiger partial charge on any atom is -0.465 e. The summed E-state index contributed by atoms with van der Waals surface area (Å²) in [5, 5.41) is 2.43. The van der Waals surface area contributed by atoms with Crippen molar-refractivity contribution in [3.8, 4) is 0 Å². The molecular formula is C17H26NO11P. The van der Waals surface area contributed by atoms with Gasteiger partial charge in [0.1, 0.15) is 18.3 Å². The Hall–Kier alpha value is -2.46. The van der Waals surface area contributed by atoms with Gasteiger partial charge in [0.05, 0.1) is 0 Å². The van der Waals surface area contributed by atoms with Crippen LogP contribution in [0.5, 0.6) is 0 Å². The van der Waals surface area contributed by atoms with Crippen LogP contribution in [-0.2, 0) is 52.0 Å². The molecule has 1 aliphatic heterocycles. The van der Waals surface area contributed by atoms with Crippen LogP contribution in [-0.4, -0.2) is 73.3 Å². The van der Waals surface area contributed by atoms with E-state index >= 15 is 0 Å². The van der Waals surface area contributed by atoms with Crippen molar-refractivity contribution in [2.45, 2.75) is 64.4 Å². The lowest BCUT2D eigenvalue weighted by molar-refractivity contribution is -0.177. The maximum Gasteiger partial charge on any atom is 0.303 e. The highest BCUT2D eigenvalue weighted by atomic mass is 31.2. The molecule has 0 aromatic heterocycles. The first-order chi connectivity index (χ1) is 13.8. The van der Waals surface area contributed by atoms with Gasteiger partial charge >= 0.3 is 23.9 Å². The van der Waals surface area contributed by atoms with Gasteiger partial charge in [0.15, 0.2) is 12.2 Å². The van der Waals surface area contributed by atoms with E-state index < -0.39 is 73.5 Å². The third-order valence-corrected chi connectivity index (χ3v) is 7.26. The number of esters is 4. The van der Waals surface area contributed by atoms with Gasteiger partial charge < -0.3 is 28.8 Å². The van der Waals surface area contributed by atoms with E-state index in [0.717, 1.165) is 41.7 Å². The van der Waals surface area contributed by atoms with Crippen molar-refractivity contribution in [3.63, 3.8) is 0 Å². The van der Waals surface area contributed by atoms with Crippen molar-refractivity contribution in [3.05, 3.63) is 0 Å². The average Bonchev–Trinajstić information content (AvgIpc) is 2.59. The molecule has 6 atom stereocenters. The zero-order valence-electron chi connectivity index (χ0n) is 17.5. The largest absolute Gasteiger partial charge is 0.465 e. The SMILES string of the molecule is COP1(=O)[C@@H](COC(C)=O)[C@@H](OC(C)=O)[C@H](OC(C)=O)[C@@H](NC(C)=O)[C@@H]1OC(C)=O. The third-order valence-electron chi connectivity index (χ3n) is 4.18. The van der Waals surface area contributed by atoms with Crippen LogP contribution in [0.15, 0.2) is 0 Å². The Morgan fingerprint density at radius 2 is 1.30 bits per heavy atom. The molecule has 170 valence electrons. The molecule has 13 heteroatoms. The number of rotatable bonds is 7. The summed E-state index contributed by atoms with van der Waals surface area (Å²) in [6.45, 7) is 4.87. The molecule has 1 saturated heterocycles. The van der Waals surface area contributed by atoms with Gasteiger partial charge in [-0.05, 0) is 0 Å². The average molecular weight is 451 g/mol. The molecule has 1 amide bonds. The number of nitrogens with one attached hydrogen (secondary N) is 1. The molecule has 0 aromatic rings. The minimum absolute atomic E-state index is 0.555. The number of carbonyl (C=O) groups is 5. The monoisotopic (exact) mass is 451 g/mol. The summed E-state index contributed by atoms with van der Waals surface area (Å²) in [5.74, 6) is -5.45. The quantitative estimate of drug-likeness (QED) is 0.318. The summed E-state index contributed by atoms with van der Waals surface area (Å²) in [4.78, 5) is 58.4. The summed E-state index contributed by atoms with van der Waals surface area (Å²) in [6.07, 6.45) is -2.86. The normalized spacial score (nSPS) is 30.5. The van der Waals surface area contributed by atoms with Crippen molar-refractivity contribution in [2.75, 3.05) is 13.7 Å². The molecule has 0 aromatic carbocycles. The van der Waals surface area contributed by atoms with Crippen molar-refractivity contribution >= 4 is 37.2 Å². The van der Waals surface area contributed by atoms with Crippen molar-refractivity contribution in [1.29, 1.82) is 0 Å². The van der Waals surface area contributed by atoms with E-state index in [4.69, 9.17) is 23.5 Å². The first kappa shape index (κ1) is 25.6. The van der Waals surface area contributed by atoms with Gasteiger partial charge in [-0.25, -0.2) is 0 Å². The van der Waals surface area contributed by atoms with Crippen LogP contribution in [0, 0.1) is 0 Å². The lowest BCUT2D eigenvalue weighted by atomic mass is 10.0. The highest BCUT2D eigenvalue weighted by Crippen LogP contribution is 2.62. The fourth-order valence-corrected chi connectivity index (χ4v) is 5.98. The standard InChI is InChI=1S/C17H26NO11P/c1-8(19)18-14-16(28-11(4)22)15(27-10(3)21)13(7-26-9(2)20)30(24,25-6)17(14)29-12(5)23/h13-17H,7H2,1-6H3,(H,18,19)/t13-,14+,15+,16+,17+,30?/m0/s1. The summed E-state index contributed by atoms with van der Waals surface area (Å²) in [6, 6.07) is -1.38. The molecule has 1 unspecified atom stereocenters. The maximum absolute atomic E-state index is 13.9. The van der Waals surface area contributed by atoms with Gasteiger partial charge in [-0.3, -0.25) is 28.5 Å². The van der Waals surface area contributed by atoms with Crippen molar-refractivity contribution < 1.29 is 52.0 Å². The topological polar surface area (TPSA) is 161 Å². The van der Waals surface area contributed by atoms with Crippen LogP contribution < -0.4 is 5.32 Å². The second-order valence-corrected chi connectivity index (χ2v) is 9.40. The van der Waals surface area contributed by atoms with Crippen molar-refractivity contribution in [1.82, 2.24) is 5.32 Å². The van der Waals surface area contributed by atoms with E-state index in [0.29, 0.717) is 0 Å². The Morgan fingerprint density at radius 1 is 0.800 bits per heavy atom. The summed E-state index contributed by atoms with van der Waals surface area (Å²) < 4.78 is 39.8. The molecule has 0 aliphatic carbocycles. The minimum atomic E-state index is -4.13. The zero-order chi connectivity index (χ0) is 23.2. The molecular weight excluding hydrogens is 425 g/mol. The van der Waals surface area contributed by atoms with E-state index in [1.807, 2.05) is 0 Å². The Morgan fingerprint density at radius 3 is 1.70 bits per heavy atom. The van der Waals surface area contributed by atoms with E-state index in [1.54, 1.807) is 0 Å². The Bertz CT molecular complexity index is 752. The Kier molecular flexibility index (Phi) is 8.98. The fourth-order valence-electron chi connectivity index (χ4n) is 3.22. The molecule has 30 heavy (non-hydrogen) atoms. The number of amides is 1. The van der Waals surface area contributed by atoms with Crippen molar-refractivity contribution in [2.24, 2.45) is 0 Å². The lowest BCUT2D eigenvalue weighted by Crippen LogP contribution is -2.65. The second kappa shape index (κ2) is 10.5. The van der Waals surface area contributed by atoms with E-state index in [1.165, 1.54) is 0 Å².